The lowest BCUT2D eigenvalue weighted by molar-refractivity contribution is 0.0735. The van der Waals surface area contributed by atoms with Crippen LogP contribution in [-0.4, -0.2) is 37.8 Å². The van der Waals surface area contributed by atoms with E-state index < -0.39 is 16.0 Å². The Bertz CT molecular complexity index is 1310. The molecule has 0 aliphatic carbocycles. The van der Waals surface area contributed by atoms with Gasteiger partial charge in [0.25, 0.3) is 0 Å². The van der Waals surface area contributed by atoms with Gasteiger partial charge in [0, 0.05) is 25.7 Å². The van der Waals surface area contributed by atoms with Crippen LogP contribution < -0.4 is 4.74 Å². The minimum atomic E-state index is -3.56. The number of benzene rings is 3. The normalized spacial score (nSPS) is 11.7. The molecule has 3 aromatic carbocycles. The van der Waals surface area contributed by atoms with Crippen molar-refractivity contribution >= 4 is 27.1 Å². The molecule has 0 aliphatic heterocycles. The van der Waals surface area contributed by atoms with E-state index in [1.807, 2.05) is 30.3 Å². The van der Waals surface area contributed by atoms with Gasteiger partial charge in [0.1, 0.15) is 11.3 Å². The van der Waals surface area contributed by atoms with E-state index in [0.29, 0.717) is 22.7 Å². The minimum Gasteiger partial charge on any atom is -0.436 e. The van der Waals surface area contributed by atoms with Gasteiger partial charge in [-0.25, -0.2) is 22.5 Å². The first kappa shape index (κ1) is 19.8. The fraction of sp³-hybridized carbons (Fsp3) is 0.0909. The summed E-state index contributed by atoms with van der Waals surface area (Å²) >= 11 is 0. The van der Waals surface area contributed by atoms with E-state index in [4.69, 9.17) is 9.15 Å². The Kier molecular flexibility index (Phi) is 5.11. The molecule has 0 fully saturated rings. The second kappa shape index (κ2) is 7.74. The van der Waals surface area contributed by atoms with Gasteiger partial charge in [-0.15, -0.1) is 0 Å². The summed E-state index contributed by atoms with van der Waals surface area (Å²) in [6.45, 7) is 0. The van der Waals surface area contributed by atoms with Crippen molar-refractivity contribution < 1.29 is 22.4 Å². The fourth-order valence-corrected chi connectivity index (χ4v) is 3.71. The van der Waals surface area contributed by atoms with Crippen LogP contribution in [0.15, 0.2) is 82.1 Å². The maximum atomic E-state index is 12.4. The van der Waals surface area contributed by atoms with Gasteiger partial charge in [-0.3, -0.25) is 0 Å². The monoisotopic (exact) mass is 422 g/mol. The molecule has 0 amide bonds. The number of nitrogens with zero attached hydrogens (tertiary/aromatic N) is 2. The Morgan fingerprint density at radius 3 is 2.33 bits per heavy atom. The summed E-state index contributed by atoms with van der Waals surface area (Å²) in [6, 6.07) is 20.0. The van der Waals surface area contributed by atoms with E-state index in [9.17, 15) is 13.2 Å². The van der Waals surface area contributed by atoms with Crippen molar-refractivity contribution in [3.8, 4) is 17.2 Å². The van der Waals surface area contributed by atoms with E-state index in [1.165, 1.54) is 38.4 Å². The van der Waals surface area contributed by atoms with Gasteiger partial charge < -0.3 is 9.15 Å². The van der Waals surface area contributed by atoms with Gasteiger partial charge in [-0.2, -0.15) is 0 Å². The summed E-state index contributed by atoms with van der Waals surface area (Å²) in [5.41, 5.74) is 2.22. The fourth-order valence-electron chi connectivity index (χ4n) is 2.81. The molecular weight excluding hydrogens is 404 g/mol. The molecule has 1 aromatic heterocycles. The average Bonchev–Trinajstić information content (AvgIpc) is 3.18. The van der Waals surface area contributed by atoms with E-state index >= 15 is 0 Å². The number of carbonyl (C=O) groups excluding carboxylic acids is 1. The number of hydrogen-bond acceptors (Lipinski definition) is 6. The predicted molar refractivity (Wildman–Crippen MR) is 112 cm³/mol. The molecule has 0 aliphatic rings. The van der Waals surface area contributed by atoms with Crippen LogP contribution in [0.25, 0.3) is 22.6 Å². The topological polar surface area (TPSA) is 89.7 Å². The number of rotatable bonds is 5. The minimum absolute atomic E-state index is 0.0978. The zero-order valence-corrected chi connectivity index (χ0v) is 17.1. The molecule has 0 spiro atoms. The molecule has 152 valence electrons. The predicted octanol–water partition coefficient (Wildman–Crippen LogP) is 3.96. The zero-order valence-electron chi connectivity index (χ0n) is 16.3. The first-order valence-corrected chi connectivity index (χ1v) is 10.5. The lowest BCUT2D eigenvalue weighted by atomic mass is 10.2. The lowest BCUT2D eigenvalue weighted by Gasteiger charge is -2.11. The van der Waals surface area contributed by atoms with Gasteiger partial charge in [0.05, 0.1) is 10.5 Å². The van der Waals surface area contributed by atoms with Gasteiger partial charge in [-0.05, 0) is 48.5 Å². The number of hydrogen-bond donors (Lipinski definition) is 0. The van der Waals surface area contributed by atoms with Crippen LogP contribution in [0.5, 0.6) is 5.75 Å². The first-order chi connectivity index (χ1) is 14.3. The van der Waals surface area contributed by atoms with E-state index in [2.05, 4.69) is 4.98 Å². The number of ether oxygens (including phenoxy) is 1. The first-order valence-electron chi connectivity index (χ1n) is 9.05. The standard InChI is InChI=1S/C22H18N2O5S/c1-24(2)30(26,27)18-11-8-16(9-12-18)22(25)28-17-10-13-19-20(14-17)29-21(23-19)15-6-4-3-5-7-15/h3-14H,1-2H3. The quantitative estimate of drug-likeness (QED) is 0.357. The van der Waals surface area contributed by atoms with Crippen LogP contribution in [-0.2, 0) is 10.0 Å². The van der Waals surface area contributed by atoms with E-state index in [-0.39, 0.29) is 10.5 Å². The van der Waals surface area contributed by atoms with Crippen LogP contribution in [0.3, 0.4) is 0 Å². The molecule has 0 saturated heterocycles. The van der Waals surface area contributed by atoms with Gasteiger partial charge >= 0.3 is 5.97 Å². The Morgan fingerprint density at radius 2 is 1.67 bits per heavy atom. The molecule has 0 N–H and O–H groups in total. The Balaban J connectivity index is 1.54. The molecule has 0 radical (unpaired) electrons. The maximum Gasteiger partial charge on any atom is 0.343 e. The summed E-state index contributed by atoms with van der Waals surface area (Å²) in [6.07, 6.45) is 0. The van der Waals surface area contributed by atoms with Crippen molar-refractivity contribution in [3.63, 3.8) is 0 Å². The van der Waals surface area contributed by atoms with Crippen molar-refractivity contribution in [2.75, 3.05) is 14.1 Å². The second-order valence-corrected chi connectivity index (χ2v) is 8.87. The molecule has 0 unspecified atom stereocenters. The zero-order chi connectivity index (χ0) is 21.3. The van der Waals surface area contributed by atoms with Crippen molar-refractivity contribution in [1.82, 2.24) is 9.29 Å². The number of aromatic nitrogens is 1. The summed E-state index contributed by atoms with van der Waals surface area (Å²) in [5.74, 6) is 0.172. The van der Waals surface area contributed by atoms with Gasteiger partial charge in [0.2, 0.25) is 15.9 Å². The number of sulfonamides is 1. The summed E-state index contributed by atoms with van der Waals surface area (Å²) in [5, 5.41) is 0. The third kappa shape index (κ3) is 3.83. The number of oxazole rings is 1. The molecule has 0 atom stereocenters. The number of carbonyl (C=O) groups is 1. The largest absolute Gasteiger partial charge is 0.436 e. The molecular formula is C22H18N2O5S. The summed E-state index contributed by atoms with van der Waals surface area (Å²) < 4.78 is 36.6. The maximum absolute atomic E-state index is 12.4. The molecule has 8 heteroatoms. The molecule has 1 heterocycles. The molecule has 0 saturated carbocycles. The van der Waals surface area contributed by atoms with Crippen LogP contribution in [0.4, 0.5) is 0 Å². The third-order valence-electron chi connectivity index (χ3n) is 4.46. The van der Waals surface area contributed by atoms with Gasteiger partial charge in [0.15, 0.2) is 5.58 Å². The van der Waals surface area contributed by atoms with E-state index in [0.717, 1.165) is 9.87 Å². The highest BCUT2D eigenvalue weighted by Crippen LogP contribution is 2.27. The van der Waals surface area contributed by atoms with Gasteiger partial charge in [-0.1, -0.05) is 18.2 Å². The number of fused-ring (bicyclic) bond motifs is 1. The molecule has 0 bridgehead atoms. The SMILES string of the molecule is CN(C)S(=O)(=O)c1ccc(C(=O)Oc2ccc3nc(-c4ccccc4)oc3c2)cc1. The van der Waals surface area contributed by atoms with Crippen LogP contribution >= 0.6 is 0 Å². The van der Waals surface area contributed by atoms with Crippen LogP contribution in [0, 0.1) is 0 Å². The Labute approximate surface area is 173 Å². The average molecular weight is 422 g/mol. The third-order valence-corrected chi connectivity index (χ3v) is 6.29. The molecule has 30 heavy (non-hydrogen) atoms. The van der Waals surface area contributed by atoms with Crippen molar-refractivity contribution in [2.24, 2.45) is 0 Å². The molecule has 4 aromatic rings. The summed E-state index contributed by atoms with van der Waals surface area (Å²) in [4.78, 5) is 17.0. The van der Waals surface area contributed by atoms with E-state index in [1.54, 1.807) is 18.2 Å². The van der Waals surface area contributed by atoms with Crippen LogP contribution in [0.2, 0.25) is 0 Å². The second-order valence-electron chi connectivity index (χ2n) is 6.72. The summed E-state index contributed by atoms with van der Waals surface area (Å²) in [7, 11) is -0.672. The van der Waals surface area contributed by atoms with Crippen molar-refractivity contribution in [2.45, 2.75) is 4.90 Å². The van der Waals surface area contributed by atoms with Crippen LogP contribution in [0.1, 0.15) is 10.4 Å². The van der Waals surface area contributed by atoms with Crippen molar-refractivity contribution in [3.05, 3.63) is 78.4 Å². The highest BCUT2D eigenvalue weighted by atomic mass is 32.2. The molecule has 7 nitrogen and oxygen atoms in total. The van der Waals surface area contributed by atoms with Crippen molar-refractivity contribution in [1.29, 1.82) is 0 Å². The highest BCUT2D eigenvalue weighted by Gasteiger charge is 2.18. The lowest BCUT2D eigenvalue weighted by Crippen LogP contribution is -2.22. The molecule has 4 rings (SSSR count). The smallest absolute Gasteiger partial charge is 0.343 e. The number of esters is 1. The Hall–Kier alpha value is -3.49. The Morgan fingerprint density at radius 1 is 0.967 bits per heavy atom. The highest BCUT2D eigenvalue weighted by molar-refractivity contribution is 7.89.